The summed E-state index contributed by atoms with van der Waals surface area (Å²) in [6.45, 7) is 10.1. The Morgan fingerprint density at radius 2 is 2.11 bits per heavy atom. The van der Waals surface area contributed by atoms with E-state index < -0.39 is 0 Å². The first-order valence-corrected chi connectivity index (χ1v) is 6.75. The molecule has 1 fully saturated rings. The highest BCUT2D eigenvalue weighted by atomic mass is 16.5. The van der Waals surface area contributed by atoms with Crippen molar-refractivity contribution in [3.8, 4) is 0 Å². The molecule has 1 aliphatic heterocycles. The van der Waals surface area contributed by atoms with Gasteiger partial charge in [0, 0.05) is 25.8 Å². The average molecular weight is 249 g/mol. The third-order valence-corrected chi connectivity index (χ3v) is 3.13. The molecule has 2 unspecified atom stereocenters. The van der Waals surface area contributed by atoms with Crippen molar-refractivity contribution in [1.29, 1.82) is 0 Å². The number of hydrogen-bond acceptors (Lipinski definition) is 4. The minimum Gasteiger partial charge on any atom is -0.372 e. The van der Waals surface area contributed by atoms with Gasteiger partial charge in [-0.25, -0.2) is 4.98 Å². The average Bonchev–Trinajstić information content (AvgIpc) is 2.35. The van der Waals surface area contributed by atoms with Crippen molar-refractivity contribution in [3.63, 3.8) is 0 Å². The summed E-state index contributed by atoms with van der Waals surface area (Å²) < 4.78 is 5.75. The summed E-state index contributed by atoms with van der Waals surface area (Å²) in [5.74, 6) is 1.06. The Hall–Kier alpha value is -1.13. The van der Waals surface area contributed by atoms with Crippen LogP contribution < -0.4 is 10.2 Å². The van der Waals surface area contributed by atoms with Gasteiger partial charge in [0.2, 0.25) is 0 Å². The smallest absolute Gasteiger partial charge is 0.128 e. The molecule has 1 saturated heterocycles. The highest BCUT2D eigenvalue weighted by Crippen LogP contribution is 2.19. The lowest BCUT2D eigenvalue weighted by atomic mass is 10.2. The third-order valence-electron chi connectivity index (χ3n) is 3.13. The van der Waals surface area contributed by atoms with E-state index in [1.54, 1.807) is 0 Å². The molecule has 4 nitrogen and oxygen atoms in total. The monoisotopic (exact) mass is 249 g/mol. The zero-order valence-corrected chi connectivity index (χ0v) is 11.5. The summed E-state index contributed by atoms with van der Waals surface area (Å²) in [6.07, 6.45) is 2.44. The van der Waals surface area contributed by atoms with Crippen LogP contribution in [0.15, 0.2) is 18.3 Å². The van der Waals surface area contributed by atoms with Crippen LogP contribution >= 0.6 is 0 Å². The highest BCUT2D eigenvalue weighted by molar-refractivity contribution is 5.41. The molecule has 1 aliphatic rings. The van der Waals surface area contributed by atoms with E-state index in [1.165, 1.54) is 5.56 Å². The Bertz CT molecular complexity index is 373. The summed E-state index contributed by atoms with van der Waals surface area (Å²) >= 11 is 0. The molecular weight excluding hydrogens is 226 g/mol. The van der Waals surface area contributed by atoms with E-state index in [4.69, 9.17) is 4.74 Å². The van der Waals surface area contributed by atoms with Crippen LogP contribution in [-0.2, 0) is 11.3 Å². The van der Waals surface area contributed by atoms with Crippen molar-refractivity contribution in [2.75, 3.05) is 24.5 Å². The fraction of sp³-hybridized carbons (Fsp3) is 0.643. The highest BCUT2D eigenvalue weighted by Gasteiger charge is 2.23. The quantitative estimate of drug-likeness (QED) is 0.883. The summed E-state index contributed by atoms with van der Waals surface area (Å²) in [4.78, 5) is 6.80. The molecule has 0 aliphatic carbocycles. The number of anilines is 1. The molecule has 1 aromatic heterocycles. The zero-order chi connectivity index (χ0) is 13.0. The number of aromatic nitrogens is 1. The lowest BCUT2D eigenvalue weighted by molar-refractivity contribution is -0.00546. The molecule has 4 heteroatoms. The van der Waals surface area contributed by atoms with E-state index in [0.29, 0.717) is 0 Å². The van der Waals surface area contributed by atoms with Crippen molar-refractivity contribution < 1.29 is 4.74 Å². The Morgan fingerprint density at radius 3 is 2.78 bits per heavy atom. The standard InChI is InChI=1S/C14H23N3O/c1-4-15-8-13-5-6-16-14(7-13)17-9-11(2)18-12(3)10-17/h5-7,11-12,15H,4,8-10H2,1-3H3. The van der Waals surface area contributed by atoms with Crippen LogP contribution in [0.25, 0.3) is 0 Å². The molecule has 0 bridgehead atoms. The van der Waals surface area contributed by atoms with Gasteiger partial charge in [0.05, 0.1) is 12.2 Å². The van der Waals surface area contributed by atoms with Gasteiger partial charge in [0.25, 0.3) is 0 Å². The first-order valence-electron chi connectivity index (χ1n) is 6.75. The molecule has 2 heterocycles. The molecule has 0 amide bonds. The number of pyridine rings is 1. The fourth-order valence-corrected chi connectivity index (χ4v) is 2.38. The van der Waals surface area contributed by atoms with Gasteiger partial charge in [-0.2, -0.15) is 0 Å². The maximum Gasteiger partial charge on any atom is 0.128 e. The van der Waals surface area contributed by atoms with Crippen LogP contribution in [-0.4, -0.2) is 36.8 Å². The number of hydrogen-bond donors (Lipinski definition) is 1. The van der Waals surface area contributed by atoms with Crippen molar-refractivity contribution in [2.45, 2.75) is 39.5 Å². The van der Waals surface area contributed by atoms with Gasteiger partial charge in [0.1, 0.15) is 5.82 Å². The first kappa shape index (κ1) is 13.3. The van der Waals surface area contributed by atoms with Crippen LogP contribution in [0.5, 0.6) is 0 Å². The molecule has 0 spiro atoms. The molecule has 1 aromatic rings. The minimum absolute atomic E-state index is 0.271. The molecule has 0 radical (unpaired) electrons. The summed E-state index contributed by atoms with van der Waals surface area (Å²) in [5, 5.41) is 3.34. The number of morpholine rings is 1. The van der Waals surface area contributed by atoms with Crippen molar-refractivity contribution in [3.05, 3.63) is 23.9 Å². The summed E-state index contributed by atoms with van der Waals surface area (Å²) in [6, 6.07) is 4.24. The predicted octanol–water partition coefficient (Wildman–Crippen LogP) is 1.80. The van der Waals surface area contributed by atoms with Gasteiger partial charge < -0.3 is 15.0 Å². The van der Waals surface area contributed by atoms with Gasteiger partial charge in [-0.05, 0) is 38.1 Å². The maximum atomic E-state index is 5.75. The van der Waals surface area contributed by atoms with Crippen LogP contribution in [0.1, 0.15) is 26.3 Å². The van der Waals surface area contributed by atoms with Crippen LogP contribution in [0, 0.1) is 0 Å². The molecule has 100 valence electrons. The van der Waals surface area contributed by atoms with Gasteiger partial charge >= 0.3 is 0 Å². The summed E-state index contributed by atoms with van der Waals surface area (Å²) in [7, 11) is 0. The zero-order valence-electron chi connectivity index (χ0n) is 11.5. The number of nitrogens with one attached hydrogen (secondary N) is 1. The third kappa shape index (κ3) is 3.43. The van der Waals surface area contributed by atoms with Gasteiger partial charge in [-0.15, -0.1) is 0 Å². The fourth-order valence-electron chi connectivity index (χ4n) is 2.38. The first-order chi connectivity index (χ1) is 8.69. The van der Waals surface area contributed by atoms with Crippen molar-refractivity contribution in [1.82, 2.24) is 10.3 Å². The normalized spacial score (nSPS) is 24.3. The van der Waals surface area contributed by atoms with Crippen molar-refractivity contribution >= 4 is 5.82 Å². The van der Waals surface area contributed by atoms with E-state index >= 15 is 0 Å². The van der Waals surface area contributed by atoms with E-state index in [9.17, 15) is 0 Å². The Balaban J connectivity index is 2.07. The molecule has 18 heavy (non-hydrogen) atoms. The summed E-state index contributed by atoms with van der Waals surface area (Å²) in [5.41, 5.74) is 1.29. The second-order valence-electron chi connectivity index (χ2n) is 4.96. The van der Waals surface area contributed by atoms with Gasteiger partial charge in [-0.3, -0.25) is 0 Å². The number of rotatable bonds is 4. The van der Waals surface area contributed by atoms with Crippen LogP contribution in [0.3, 0.4) is 0 Å². The van der Waals surface area contributed by atoms with E-state index in [1.807, 2.05) is 6.20 Å². The Morgan fingerprint density at radius 1 is 1.39 bits per heavy atom. The number of nitrogens with zero attached hydrogens (tertiary/aromatic N) is 2. The SMILES string of the molecule is CCNCc1ccnc(N2CC(C)OC(C)C2)c1. The Labute approximate surface area is 109 Å². The molecule has 2 rings (SSSR count). The second-order valence-corrected chi connectivity index (χ2v) is 4.96. The predicted molar refractivity (Wildman–Crippen MR) is 73.8 cm³/mol. The van der Waals surface area contributed by atoms with Crippen molar-refractivity contribution in [2.24, 2.45) is 0 Å². The molecule has 1 N–H and O–H groups in total. The van der Waals surface area contributed by atoms with E-state index in [2.05, 4.69) is 48.1 Å². The second kappa shape index (κ2) is 6.16. The van der Waals surface area contributed by atoms with E-state index in [-0.39, 0.29) is 12.2 Å². The lowest BCUT2D eigenvalue weighted by Crippen LogP contribution is -2.45. The molecule has 0 aromatic carbocycles. The Kier molecular flexibility index (Phi) is 4.55. The lowest BCUT2D eigenvalue weighted by Gasteiger charge is -2.36. The van der Waals surface area contributed by atoms with E-state index in [0.717, 1.165) is 32.0 Å². The van der Waals surface area contributed by atoms with Crippen LogP contribution in [0.2, 0.25) is 0 Å². The molecular formula is C14H23N3O. The minimum atomic E-state index is 0.271. The molecule has 0 saturated carbocycles. The van der Waals surface area contributed by atoms with Gasteiger partial charge in [-0.1, -0.05) is 6.92 Å². The largest absolute Gasteiger partial charge is 0.372 e. The topological polar surface area (TPSA) is 37.4 Å². The maximum absolute atomic E-state index is 5.75. The molecule has 2 atom stereocenters. The van der Waals surface area contributed by atoms with Gasteiger partial charge in [0.15, 0.2) is 0 Å². The van der Waals surface area contributed by atoms with Crippen LogP contribution in [0.4, 0.5) is 5.82 Å². The number of ether oxygens (including phenoxy) is 1.